The number of para-hydroxylation sites is 1. The number of rotatable bonds is 6. The lowest BCUT2D eigenvalue weighted by molar-refractivity contribution is 0.00567. The van der Waals surface area contributed by atoms with Crippen molar-refractivity contribution in [3.63, 3.8) is 0 Å². The molecule has 3 aromatic rings. The van der Waals surface area contributed by atoms with Crippen molar-refractivity contribution in [3.05, 3.63) is 77.9 Å². The van der Waals surface area contributed by atoms with Crippen molar-refractivity contribution in [1.29, 1.82) is 0 Å². The predicted octanol–water partition coefficient (Wildman–Crippen LogP) is 2.89. The van der Waals surface area contributed by atoms with Crippen molar-refractivity contribution in [2.24, 2.45) is 0 Å². The molecule has 1 aliphatic heterocycles. The molecule has 0 bridgehead atoms. The second kappa shape index (κ2) is 8.33. The van der Waals surface area contributed by atoms with E-state index in [-0.39, 0.29) is 6.10 Å². The van der Waals surface area contributed by atoms with Crippen LogP contribution in [-0.2, 0) is 31.0 Å². The van der Waals surface area contributed by atoms with E-state index in [0.717, 1.165) is 37.6 Å². The first kappa shape index (κ1) is 17.7. The molecule has 0 spiro atoms. The summed E-state index contributed by atoms with van der Waals surface area (Å²) >= 11 is 0. The molecular weight excluding hydrogens is 340 g/mol. The summed E-state index contributed by atoms with van der Waals surface area (Å²) in [5.74, 6) is 0.918. The Morgan fingerprint density at radius 2 is 1.93 bits per heavy atom. The van der Waals surface area contributed by atoms with Crippen LogP contribution in [0, 0.1) is 0 Å². The lowest BCUT2D eigenvalue weighted by Crippen LogP contribution is -2.33. The smallest absolute Gasteiger partial charge is 0.123 e. The highest BCUT2D eigenvalue weighted by Crippen LogP contribution is 2.22. The van der Waals surface area contributed by atoms with Crippen molar-refractivity contribution < 1.29 is 9.47 Å². The third kappa shape index (κ3) is 4.35. The number of methoxy groups -OCH3 is 1. The minimum atomic E-state index is 0.0443. The maximum atomic E-state index is 6.20. The first-order chi connectivity index (χ1) is 13.3. The number of nitrogens with zero attached hydrogens (tertiary/aromatic N) is 4. The SMILES string of the molecule is COc1ccccc1CN1Cc2ccnn2C[C@H](OCc2ccccn2)C1. The molecular formula is C21H24N4O2. The van der Waals surface area contributed by atoms with Gasteiger partial charge in [-0.1, -0.05) is 24.3 Å². The molecule has 1 aliphatic rings. The number of pyridine rings is 1. The van der Waals surface area contributed by atoms with Crippen LogP contribution in [0.15, 0.2) is 60.9 Å². The van der Waals surface area contributed by atoms with Gasteiger partial charge in [-0.3, -0.25) is 14.6 Å². The van der Waals surface area contributed by atoms with Crippen molar-refractivity contribution in [2.45, 2.75) is 32.3 Å². The van der Waals surface area contributed by atoms with Crippen LogP contribution in [0.3, 0.4) is 0 Å². The van der Waals surface area contributed by atoms with Gasteiger partial charge in [0, 0.05) is 37.6 Å². The van der Waals surface area contributed by atoms with Gasteiger partial charge in [-0.05, 0) is 24.3 Å². The second-order valence-electron chi connectivity index (χ2n) is 6.74. The summed E-state index contributed by atoms with van der Waals surface area (Å²) in [7, 11) is 1.72. The van der Waals surface area contributed by atoms with Gasteiger partial charge in [-0.2, -0.15) is 5.10 Å². The third-order valence-electron chi connectivity index (χ3n) is 4.81. The molecule has 3 heterocycles. The van der Waals surface area contributed by atoms with Crippen LogP contribution < -0.4 is 4.74 Å². The lowest BCUT2D eigenvalue weighted by atomic mass is 10.1. The molecule has 0 fully saturated rings. The molecule has 0 amide bonds. The number of benzene rings is 1. The Labute approximate surface area is 159 Å². The third-order valence-corrected chi connectivity index (χ3v) is 4.81. The first-order valence-electron chi connectivity index (χ1n) is 9.18. The number of hydrogen-bond donors (Lipinski definition) is 0. The van der Waals surface area contributed by atoms with E-state index >= 15 is 0 Å². The monoisotopic (exact) mass is 364 g/mol. The molecule has 1 atom stereocenters. The number of hydrogen-bond acceptors (Lipinski definition) is 5. The van der Waals surface area contributed by atoms with Gasteiger partial charge in [-0.25, -0.2) is 0 Å². The number of ether oxygens (including phenoxy) is 2. The zero-order valence-electron chi connectivity index (χ0n) is 15.5. The van der Waals surface area contributed by atoms with E-state index in [4.69, 9.17) is 9.47 Å². The zero-order valence-corrected chi connectivity index (χ0v) is 15.5. The number of aromatic nitrogens is 3. The Hall–Kier alpha value is -2.70. The Bertz CT molecular complexity index is 865. The maximum Gasteiger partial charge on any atom is 0.123 e. The van der Waals surface area contributed by atoms with Crippen LogP contribution in [0.4, 0.5) is 0 Å². The molecule has 6 nitrogen and oxygen atoms in total. The summed E-state index contributed by atoms with van der Waals surface area (Å²) in [6.07, 6.45) is 3.70. The fourth-order valence-corrected chi connectivity index (χ4v) is 3.48. The minimum Gasteiger partial charge on any atom is -0.496 e. The van der Waals surface area contributed by atoms with Crippen molar-refractivity contribution in [2.75, 3.05) is 13.7 Å². The topological polar surface area (TPSA) is 52.4 Å². The average molecular weight is 364 g/mol. The van der Waals surface area contributed by atoms with E-state index in [9.17, 15) is 0 Å². The molecule has 140 valence electrons. The van der Waals surface area contributed by atoms with Crippen LogP contribution in [0.5, 0.6) is 5.75 Å². The van der Waals surface area contributed by atoms with E-state index < -0.39 is 0 Å². The highest BCUT2D eigenvalue weighted by atomic mass is 16.5. The summed E-state index contributed by atoms with van der Waals surface area (Å²) in [6, 6.07) is 16.1. The fourth-order valence-electron chi connectivity index (χ4n) is 3.48. The largest absolute Gasteiger partial charge is 0.496 e. The van der Waals surface area contributed by atoms with Gasteiger partial charge in [-0.15, -0.1) is 0 Å². The highest BCUT2D eigenvalue weighted by molar-refractivity contribution is 5.33. The highest BCUT2D eigenvalue weighted by Gasteiger charge is 2.23. The van der Waals surface area contributed by atoms with Gasteiger partial charge < -0.3 is 9.47 Å². The molecule has 0 saturated carbocycles. The molecule has 1 aromatic carbocycles. The van der Waals surface area contributed by atoms with Crippen molar-refractivity contribution in [3.8, 4) is 5.75 Å². The first-order valence-corrected chi connectivity index (χ1v) is 9.18. The molecule has 0 aliphatic carbocycles. The molecule has 27 heavy (non-hydrogen) atoms. The molecule has 2 aromatic heterocycles. The summed E-state index contributed by atoms with van der Waals surface area (Å²) in [5, 5.41) is 4.47. The molecule has 0 saturated heterocycles. The van der Waals surface area contributed by atoms with Gasteiger partial charge in [0.1, 0.15) is 5.75 Å². The van der Waals surface area contributed by atoms with E-state index in [0.29, 0.717) is 6.61 Å². The summed E-state index contributed by atoms with van der Waals surface area (Å²) in [6.45, 7) is 3.72. The van der Waals surface area contributed by atoms with Gasteiger partial charge in [0.15, 0.2) is 0 Å². The van der Waals surface area contributed by atoms with Crippen LogP contribution in [0.2, 0.25) is 0 Å². The summed E-state index contributed by atoms with van der Waals surface area (Å²) < 4.78 is 13.8. The zero-order chi connectivity index (χ0) is 18.5. The second-order valence-corrected chi connectivity index (χ2v) is 6.74. The van der Waals surface area contributed by atoms with Crippen LogP contribution in [0.1, 0.15) is 17.0 Å². The Balaban J connectivity index is 1.49. The quantitative estimate of drug-likeness (QED) is 0.673. The van der Waals surface area contributed by atoms with Gasteiger partial charge >= 0.3 is 0 Å². The van der Waals surface area contributed by atoms with Crippen LogP contribution >= 0.6 is 0 Å². The van der Waals surface area contributed by atoms with Gasteiger partial charge in [0.2, 0.25) is 0 Å². The normalized spacial score (nSPS) is 17.3. The Kier molecular flexibility index (Phi) is 5.46. The molecule has 0 radical (unpaired) electrons. The standard InChI is InChI=1S/C21H24N4O2/c1-26-21-8-3-2-6-17(21)12-24-13-19-9-11-23-25(19)15-20(14-24)27-16-18-7-4-5-10-22-18/h2-11,20H,12-16H2,1H3/t20-/m1/s1. The van der Waals surface area contributed by atoms with Gasteiger partial charge in [0.05, 0.1) is 37.8 Å². The molecule has 4 rings (SSSR count). The molecule has 6 heteroatoms. The summed E-state index contributed by atoms with van der Waals surface area (Å²) in [5.41, 5.74) is 3.32. The van der Waals surface area contributed by atoms with E-state index in [1.165, 1.54) is 11.3 Å². The Morgan fingerprint density at radius 1 is 1.04 bits per heavy atom. The van der Waals surface area contributed by atoms with E-state index in [1.54, 1.807) is 13.3 Å². The molecule has 0 unspecified atom stereocenters. The Morgan fingerprint density at radius 3 is 2.78 bits per heavy atom. The van der Waals surface area contributed by atoms with Crippen LogP contribution in [-0.4, -0.2) is 39.4 Å². The van der Waals surface area contributed by atoms with Crippen molar-refractivity contribution >= 4 is 0 Å². The maximum absolute atomic E-state index is 6.20. The van der Waals surface area contributed by atoms with Gasteiger partial charge in [0.25, 0.3) is 0 Å². The summed E-state index contributed by atoms with van der Waals surface area (Å²) in [4.78, 5) is 6.74. The van der Waals surface area contributed by atoms with E-state index in [1.807, 2.05) is 41.2 Å². The predicted molar refractivity (Wildman–Crippen MR) is 102 cm³/mol. The van der Waals surface area contributed by atoms with Crippen LogP contribution in [0.25, 0.3) is 0 Å². The molecule has 0 N–H and O–H groups in total. The average Bonchev–Trinajstić information content (AvgIpc) is 3.06. The minimum absolute atomic E-state index is 0.0443. The number of fused-ring (bicyclic) bond motifs is 1. The fraction of sp³-hybridized carbons (Fsp3) is 0.333. The van der Waals surface area contributed by atoms with Crippen molar-refractivity contribution in [1.82, 2.24) is 19.7 Å². The lowest BCUT2D eigenvalue weighted by Gasteiger charge is -2.24. The van der Waals surface area contributed by atoms with E-state index in [2.05, 4.69) is 33.2 Å².